The maximum absolute atomic E-state index is 12.4. The third kappa shape index (κ3) is 6.10. The van der Waals surface area contributed by atoms with Gasteiger partial charge in [0.15, 0.2) is 0 Å². The molecule has 1 unspecified atom stereocenters. The number of carbonyl (C=O) groups is 1. The first-order chi connectivity index (χ1) is 9.52. The second-order valence-electron chi connectivity index (χ2n) is 5.11. The van der Waals surface area contributed by atoms with E-state index in [0.717, 1.165) is 12.0 Å². The minimum Gasteiger partial charge on any atom is -0.393 e. The molecule has 110 valence electrons. The smallest absolute Gasteiger partial charge is 0.223 e. The van der Waals surface area contributed by atoms with Crippen molar-refractivity contribution in [3.8, 4) is 0 Å². The van der Waals surface area contributed by atoms with Crippen molar-refractivity contribution in [3.05, 3.63) is 30.1 Å². The largest absolute Gasteiger partial charge is 0.393 e. The van der Waals surface area contributed by atoms with E-state index in [4.69, 9.17) is 18.0 Å². The Kier molecular flexibility index (Phi) is 7.15. The van der Waals surface area contributed by atoms with E-state index in [1.165, 1.54) is 0 Å². The summed E-state index contributed by atoms with van der Waals surface area (Å²) < 4.78 is 0. The number of hydrogen-bond donors (Lipinski definition) is 1. The zero-order chi connectivity index (χ0) is 15.0. The summed E-state index contributed by atoms with van der Waals surface area (Å²) in [6.07, 6.45) is 5.63. The van der Waals surface area contributed by atoms with Crippen LogP contribution in [0.2, 0.25) is 0 Å². The van der Waals surface area contributed by atoms with Gasteiger partial charge in [-0.15, -0.1) is 0 Å². The van der Waals surface area contributed by atoms with Crippen molar-refractivity contribution in [2.24, 2.45) is 11.7 Å². The van der Waals surface area contributed by atoms with Gasteiger partial charge in [-0.1, -0.05) is 38.6 Å². The Morgan fingerprint density at radius 2 is 2.30 bits per heavy atom. The number of aromatic nitrogens is 1. The molecule has 0 aromatic carbocycles. The van der Waals surface area contributed by atoms with Crippen LogP contribution in [0.15, 0.2) is 24.5 Å². The first-order valence-electron chi connectivity index (χ1n) is 6.98. The van der Waals surface area contributed by atoms with Crippen molar-refractivity contribution in [2.45, 2.75) is 39.7 Å². The summed E-state index contributed by atoms with van der Waals surface area (Å²) in [6, 6.07) is 3.84. The molecule has 5 heteroatoms. The third-order valence-electron chi connectivity index (χ3n) is 3.30. The first-order valence-corrected chi connectivity index (χ1v) is 7.38. The maximum atomic E-state index is 12.4. The quantitative estimate of drug-likeness (QED) is 0.748. The molecule has 0 saturated heterocycles. The van der Waals surface area contributed by atoms with E-state index in [1.807, 2.05) is 17.0 Å². The van der Waals surface area contributed by atoms with E-state index in [-0.39, 0.29) is 5.91 Å². The molecule has 0 aliphatic carbocycles. The lowest BCUT2D eigenvalue weighted by Crippen LogP contribution is -2.34. The van der Waals surface area contributed by atoms with Crippen LogP contribution in [0.3, 0.4) is 0 Å². The van der Waals surface area contributed by atoms with E-state index < -0.39 is 0 Å². The minimum atomic E-state index is 0.152. The molecule has 0 aliphatic rings. The number of pyridine rings is 1. The lowest BCUT2D eigenvalue weighted by molar-refractivity contribution is -0.132. The minimum absolute atomic E-state index is 0.152. The molecule has 1 heterocycles. The van der Waals surface area contributed by atoms with E-state index in [2.05, 4.69) is 18.8 Å². The van der Waals surface area contributed by atoms with E-state index >= 15 is 0 Å². The van der Waals surface area contributed by atoms with Gasteiger partial charge in [-0.25, -0.2) is 0 Å². The number of thiocarbonyl (C=S) groups is 1. The molecule has 1 amide bonds. The topological polar surface area (TPSA) is 59.2 Å². The monoisotopic (exact) mass is 293 g/mol. The molecular formula is C15H23N3OS. The zero-order valence-corrected chi connectivity index (χ0v) is 13.0. The standard InChI is InChI=1S/C15H23N3OS/c1-3-12(2)9-15(19)18(8-6-14(16)20)11-13-5-4-7-17-10-13/h4-5,7,10,12H,3,6,8-9,11H2,1-2H3,(H2,16,20). The fraction of sp³-hybridized carbons (Fsp3) is 0.533. The van der Waals surface area contributed by atoms with Crippen LogP contribution in [-0.4, -0.2) is 27.3 Å². The van der Waals surface area contributed by atoms with Crippen LogP contribution in [0, 0.1) is 5.92 Å². The van der Waals surface area contributed by atoms with Crippen LogP contribution in [0.25, 0.3) is 0 Å². The Morgan fingerprint density at radius 3 is 2.85 bits per heavy atom. The second kappa shape index (κ2) is 8.64. The SMILES string of the molecule is CCC(C)CC(=O)N(CCC(N)=S)Cc1cccnc1. The highest BCUT2D eigenvalue weighted by Gasteiger charge is 2.16. The predicted molar refractivity (Wildman–Crippen MR) is 85.1 cm³/mol. The Morgan fingerprint density at radius 1 is 1.55 bits per heavy atom. The van der Waals surface area contributed by atoms with Gasteiger partial charge in [-0.2, -0.15) is 0 Å². The van der Waals surface area contributed by atoms with Crippen molar-refractivity contribution in [2.75, 3.05) is 6.54 Å². The highest BCUT2D eigenvalue weighted by atomic mass is 32.1. The number of carbonyl (C=O) groups excluding carboxylic acids is 1. The van der Waals surface area contributed by atoms with Crippen LogP contribution < -0.4 is 5.73 Å². The number of rotatable bonds is 8. The fourth-order valence-electron chi connectivity index (χ4n) is 1.82. The number of hydrogen-bond acceptors (Lipinski definition) is 3. The fourth-order valence-corrected chi connectivity index (χ4v) is 1.91. The summed E-state index contributed by atoms with van der Waals surface area (Å²) in [6.45, 7) is 5.32. The van der Waals surface area contributed by atoms with Gasteiger partial charge in [0.2, 0.25) is 5.91 Å². The molecule has 1 aromatic heterocycles. The van der Waals surface area contributed by atoms with Crippen molar-refractivity contribution >= 4 is 23.1 Å². The van der Waals surface area contributed by atoms with Crippen molar-refractivity contribution in [3.63, 3.8) is 0 Å². The van der Waals surface area contributed by atoms with Crippen molar-refractivity contribution in [1.29, 1.82) is 0 Å². The average Bonchev–Trinajstić information content (AvgIpc) is 2.44. The van der Waals surface area contributed by atoms with Crippen LogP contribution >= 0.6 is 12.2 Å². The third-order valence-corrected chi connectivity index (χ3v) is 3.50. The normalized spacial score (nSPS) is 11.9. The van der Waals surface area contributed by atoms with E-state index in [0.29, 0.717) is 36.8 Å². The van der Waals surface area contributed by atoms with Crippen LogP contribution in [0.5, 0.6) is 0 Å². The van der Waals surface area contributed by atoms with Gasteiger partial charge in [0.25, 0.3) is 0 Å². The summed E-state index contributed by atoms with van der Waals surface area (Å²) in [5.41, 5.74) is 6.56. The highest BCUT2D eigenvalue weighted by molar-refractivity contribution is 7.80. The first kappa shape index (κ1) is 16.6. The van der Waals surface area contributed by atoms with Gasteiger partial charge >= 0.3 is 0 Å². The van der Waals surface area contributed by atoms with Gasteiger partial charge in [0.05, 0.1) is 4.99 Å². The molecule has 0 bridgehead atoms. The van der Waals surface area contributed by atoms with Crippen LogP contribution in [0.1, 0.15) is 38.7 Å². The Labute approximate surface area is 126 Å². The summed E-state index contributed by atoms with van der Waals surface area (Å²) in [7, 11) is 0. The van der Waals surface area contributed by atoms with Crippen molar-refractivity contribution < 1.29 is 4.79 Å². The molecule has 0 radical (unpaired) electrons. The Balaban J connectivity index is 2.68. The van der Waals surface area contributed by atoms with Crippen molar-refractivity contribution in [1.82, 2.24) is 9.88 Å². The summed E-state index contributed by atoms with van der Waals surface area (Å²) in [5.74, 6) is 0.545. The van der Waals surface area contributed by atoms with Crippen LogP contribution in [0.4, 0.5) is 0 Å². The molecule has 20 heavy (non-hydrogen) atoms. The van der Waals surface area contributed by atoms with Gasteiger partial charge in [-0.3, -0.25) is 9.78 Å². The summed E-state index contributed by atoms with van der Waals surface area (Å²) in [5, 5.41) is 0. The number of nitrogens with two attached hydrogens (primary N) is 1. The second-order valence-corrected chi connectivity index (χ2v) is 5.63. The molecule has 0 aliphatic heterocycles. The Hall–Kier alpha value is -1.49. The number of nitrogens with zero attached hydrogens (tertiary/aromatic N) is 2. The highest BCUT2D eigenvalue weighted by Crippen LogP contribution is 2.12. The number of amides is 1. The van der Waals surface area contributed by atoms with Gasteiger partial charge < -0.3 is 10.6 Å². The average molecular weight is 293 g/mol. The summed E-state index contributed by atoms with van der Waals surface area (Å²) >= 11 is 4.90. The van der Waals surface area contributed by atoms with Crippen LogP contribution in [-0.2, 0) is 11.3 Å². The molecule has 2 N–H and O–H groups in total. The Bertz CT molecular complexity index is 436. The summed E-state index contributed by atoms with van der Waals surface area (Å²) in [4.78, 5) is 18.7. The lowest BCUT2D eigenvalue weighted by Gasteiger charge is -2.24. The molecule has 0 spiro atoms. The molecule has 1 rings (SSSR count). The predicted octanol–water partition coefficient (Wildman–Crippen LogP) is 2.52. The molecule has 4 nitrogen and oxygen atoms in total. The molecule has 1 aromatic rings. The van der Waals surface area contributed by atoms with E-state index in [9.17, 15) is 4.79 Å². The lowest BCUT2D eigenvalue weighted by atomic mass is 10.0. The molecule has 0 fully saturated rings. The molecule has 1 atom stereocenters. The molecule has 0 saturated carbocycles. The van der Waals surface area contributed by atoms with Gasteiger partial charge in [0.1, 0.15) is 0 Å². The van der Waals surface area contributed by atoms with E-state index in [1.54, 1.807) is 12.4 Å². The van der Waals surface area contributed by atoms with Gasteiger partial charge in [0, 0.05) is 38.3 Å². The zero-order valence-electron chi connectivity index (χ0n) is 12.2. The molecular weight excluding hydrogens is 270 g/mol. The van der Waals surface area contributed by atoms with Gasteiger partial charge in [-0.05, 0) is 17.5 Å². The maximum Gasteiger partial charge on any atom is 0.223 e.